The van der Waals surface area contributed by atoms with E-state index in [1.807, 2.05) is 31.2 Å². The van der Waals surface area contributed by atoms with Crippen LogP contribution in [0.25, 0.3) is 0 Å². The molecule has 2 nitrogen and oxygen atoms in total. The summed E-state index contributed by atoms with van der Waals surface area (Å²) in [7, 11) is 0. The lowest BCUT2D eigenvalue weighted by Gasteiger charge is -2.06. The topological polar surface area (TPSA) is 29.1 Å². The Bertz CT molecular complexity index is 631. The molecule has 0 atom stereocenters. The number of hydrogen-bond donors (Lipinski definition) is 1. The van der Waals surface area contributed by atoms with Gasteiger partial charge in [0.1, 0.15) is 5.82 Å². The number of nitrogens with one attached hydrogen (secondary N) is 1. The van der Waals surface area contributed by atoms with Gasteiger partial charge in [-0.1, -0.05) is 29.3 Å². The standard InChI is InChI=1S/C16H15ClFNOS/c1-11-2-5-13(6-3-11)21-9-8-19-16(20)14-7-4-12(17)10-15(14)18/h2-7,10H,8-9H2,1H3,(H,19,20). The van der Waals surface area contributed by atoms with Gasteiger partial charge in [-0.3, -0.25) is 4.79 Å². The first-order valence-corrected chi connectivity index (χ1v) is 7.85. The Balaban J connectivity index is 1.80. The van der Waals surface area contributed by atoms with Gasteiger partial charge in [0.05, 0.1) is 5.56 Å². The molecule has 2 aromatic rings. The van der Waals surface area contributed by atoms with Crippen molar-refractivity contribution in [1.29, 1.82) is 0 Å². The van der Waals surface area contributed by atoms with E-state index < -0.39 is 11.7 Å². The molecular weight excluding hydrogens is 309 g/mol. The van der Waals surface area contributed by atoms with E-state index in [1.54, 1.807) is 11.8 Å². The SMILES string of the molecule is Cc1ccc(SCCNC(=O)c2ccc(Cl)cc2F)cc1. The smallest absolute Gasteiger partial charge is 0.254 e. The molecule has 0 bridgehead atoms. The van der Waals surface area contributed by atoms with Crippen LogP contribution >= 0.6 is 23.4 Å². The van der Waals surface area contributed by atoms with E-state index in [4.69, 9.17) is 11.6 Å². The number of halogens is 2. The number of thioether (sulfide) groups is 1. The average molecular weight is 324 g/mol. The van der Waals surface area contributed by atoms with Gasteiger partial charge in [-0.15, -0.1) is 11.8 Å². The van der Waals surface area contributed by atoms with Crippen LogP contribution in [0.2, 0.25) is 5.02 Å². The zero-order valence-corrected chi connectivity index (χ0v) is 13.1. The Morgan fingerprint density at radius 3 is 2.62 bits per heavy atom. The molecule has 0 aliphatic carbocycles. The molecule has 0 spiro atoms. The lowest BCUT2D eigenvalue weighted by molar-refractivity contribution is 0.0952. The number of amides is 1. The van der Waals surface area contributed by atoms with Crippen LogP contribution < -0.4 is 5.32 Å². The molecule has 0 heterocycles. The van der Waals surface area contributed by atoms with Crippen molar-refractivity contribution in [3.63, 3.8) is 0 Å². The second kappa shape index (κ2) is 7.48. The summed E-state index contributed by atoms with van der Waals surface area (Å²) in [4.78, 5) is 13.0. The zero-order valence-electron chi connectivity index (χ0n) is 11.5. The number of carbonyl (C=O) groups excluding carboxylic acids is 1. The normalized spacial score (nSPS) is 10.4. The van der Waals surface area contributed by atoms with E-state index in [0.29, 0.717) is 6.54 Å². The molecule has 0 saturated heterocycles. The van der Waals surface area contributed by atoms with Crippen LogP contribution in [0.4, 0.5) is 4.39 Å². The minimum Gasteiger partial charge on any atom is -0.351 e. The molecule has 0 unspecified atom stereocenters. The number of aryl methyl sites for hydroxylation is 1. The highest BCUT2D eigenvalue weighted by atomic mass is 35.5. The summed E-state index contributed by atoms with van der Waals surface area (Å²) in [6, 6.07) is 12.2. The molecule has 0 aliphatic rings. The Morgan fingerprint density at radius 1 is 1.24 bits per heavy atom. The zero-order chi connectivity index (χ0) is 15.2. The lowest BCUT2D eigenvalue weighted by atomic mass is 10.2. The first-order chi connectivity index (χ1) is 10.1. The van der Waals surface area contributed by atoms with Crippen molar-refractivity contribution >= 4 is 29.3 Å². The highest BCUT2D eigenvalue weighted by Crippen LogP contribution is 2.18. The van der Waals surface area contributed by atoms with Gasteiger partial charge in [0.2, 0.25) is 0 Å². The Hall–Kier alpha value is -1.52. The van der Waals surface area contributed by atoms with Crippen LogP contribution in [0.3, 0.4) is 0 Å². The number of carbonyl (C=O) groups is 1. The van der Waals surface area contributed by atoms with Crippen molar-refractivity contribution in [2.45, 2.75) is 11.8 Å². The minimum atomic E-state index is -0.605. The van der Waals surface area contributed by atoms with E-state index in [1.165, 1.54) is 17.7 Å². The molecule has 1 N–H and O–H groups in total. The molecule has 1 amide bonds. The van der Waals surface area contributed by atoms with Crippen molar-refractivity contribution in [3.05, 3.63) is 64.4 Å². The van der Waals surface area contributed by atoms with Crippen LogP contribution in [0, 0.1) is 12.7 Å². The van der Waals surface area contributed by atoms with Crippen LogP contribution in [0.15, 0.2) is 47.4 Å². The van der Waals surface area contributed by atoms with Gasteiger partial charge in [0.15, 0.2) is 0 Å². The molecule has 110 valence electrons. The maximum absolute atomic E-state index is 13.6. The molecule has 0 fully saturated rings. The number of hydrogen-bond acceptors (Lipinski definition) is 2. The summed E-state index contributed by atoms with van der Waals surface area (Å²) in [6.45, 7) is 2.51. The summed E-state index contributed by atoms with van der Waals surface area (Å²) >= 11 is 7.30. The fourth-order valence-electron chi connectivity index (χ4n) is 1.74. The molecule has 0 aromatic heterocycles. The van der Waals surface area contributed by atoms with E-state index in [2.05, 4.69) is 5.32 Å². The molecule has 2 rings (SSSR count). The van der Waals surface area contributed by atoms with Gasteiger partial charge < -0.3 is 5.32 Å². The van der Waals surface area contributed by atoms with Gasteiger partial charge in [-0.05, 0) is 37.3 Å². The van der Waals surface area contributed by atoms with Gasteiger partial charge in [0, 0.05) is 22.2 Å². The maximum Gasteiger partial charge on any atom is 0.254 e. The first kappa shape index (κ1) is 15.9. The van der Waals surface area contributed by atoms with Crippen LogP contribution in [-0.4, -0.2) is 18.2 Å². The van der Waals surface area contributed by atoms with Gasteiger partial charge in [0.25, 0.3) is 5.91 Å². The lowest BCUT2D eigenvalue weighted by Crippen LogP contribution is -2.26. The molecule has 2 aromatic carbocycles. The number of rotatable bonds is 5. The van der Waals surface area contributed by atoms with E-state index >= 15 is 0 Å². The van der Waals surface area contributed by atoms with Crippen molar-refractivity contribution in [2.24, 2.45) is 0 Å². The molecular formula is C16H15ClFNOS. The second-order valence-corrected chi connectivity index (χ2v) is 6.15. The third kappa shape index (κ3) is 4.76. The molecule has 0 aliphatic heterocycles. The predicted molar refractivity (Wildman–Crippen MR) is 85.6 cm³/mol. The predicted octanol–water partition coefficient (Wildman–Crippen LogP) is 4.31. The summed E-state index contributed by atoms with van der Waals surface area (Å²) < 4.78 is 13.6. The van der Waals surface area contributed by atoms with E-state index in [-0.39, 0.29) is 10.6 Å². The maximum atomic E-state index is 13.6. The van der Waals surface area contributed by atoms with Crippen molar-refractivity contribution in [2.75, 3.05) is 12.3 Å². The average Bonchev–Trinajstić information content (AvgIpc) is 2.45. The van der Waals surface area contributed by atoms with Crippen LogP contribution in [-0.2, 0) is 0 Å². The fraction of sp³-hybridized carbons (Fsp3) is 0.188. The molecule has 5 heteroatoms. The van der Waals surface area contributed by atoms with Crippen molar-refractivity contribution in [1.82, 2.24) is 5.32 Å². The summed E-state index contributed by atoms with van der Waals surface area (Å²) in [5.74, 6) is -0.302. The van der Waals surface area contributed by atoms with E-state index in [9.17, 15) is 9.18 Å². The Morgan fingerprint density at radius 2 is 1.95 bits per heavy atom. The van der Waals surface area contributed by atoms with Crippen molar-refractivity contribution < 1.29 is 9.18 Å². The summed E-state index contributed by atoms with van der Waals surface area (Å²) in [5, 5.41) is 2.97. The quantitative estimate of drug-likeness (QED) is 0.656. The molecule has 21 heavy (non-hydrogen) atoms. The van der Waals surface area contributed by atoms with Crippen molar-refractivity contribution in [3.8, 4) is 0 Å². The minimum absolute atomic E-state index is 0.0136. The monoisotopic (exact) mass is 323 g/mol. The van der Waals surface area contributed by atoms with Gasteiger partial charge >= 0.3 is 0 Å². The summed E-state index contributed by atoms with van der Waals surface area (Å²) in [6.07, 6.45) is 0. The molecule has 0 radical (unpaired) electrons. The summed E-state index contributed by atoms with van der Waals surface area (Å²) in [5.41, 5.74) is 1.23. The highest BCUT2D eigenvalue weighted by Gasteiger charge is 2.11. The second-order valence-electron chi connectivity index (χ2n) is 4.54. The third-order valence-corrected chi connectivity index (χ3v) is 4.10. The van der Waals surface area contributed by atoms with E-state index in [0.717, 1.165) is 16.7 Å². The Kier molecular flexibility index (Phi) is 5.65. The Labute approximate surface area is 132 Å². The van der Waals surface area contributed by atoms with Gasteiger partial charge in [-0.2, -0.15) is 0 Å². The highest BCUT2D eigenvalue weighted by molar-refractivity contribution is 7.99. The number of benzene rings is 2. The first-order valence-electron chi connectivity index (χ1n) is 6.49. The largest absolute Gasteiger partial charge is 0.351 e. The fourth-order valence-corrected chi connectivity index (χ4v) is 2.66. The van der Waals surface area contributed by atoms with Crippen LogP contribution in [0.1, 0.15) is 15.9 Å². The third-order valence-electron chi connectivity index (χ3n) is 2.85. The van der Waals surface area contributed by atoms with Crippen LogP contribution in [0.5, 0.6) is 0 Å². The van der Waals surface area contributed by atoms with Gasteiger partial charge in [-0.25, -0.2) is 4.39 Å². The molecule has 0 saturated carbocycles.